The van der Waals surface area contributed by atoms with Gasteiger partial charge in [0.2, 0.25) is 0 Å². The Morgan fingerprint density at radius 3 is 2.31 bits per heavy atom. The first kappa shape index (κ1) is 19.4. The molecule has 0 saturated carbocycles. The topological polar surface area (TPSA) is 111 Å². The Bertz CT molecular complexity index is 1060. The molecule has 29 heavy (non-hydrogen) atoms. The summed E-state index contributed by atoms with van der Waals surface area (Å²) in [5.74, 6) is -0.661. The van der Waals surface area contributed by atoms with E-state index in [1.807, 2.05) is 6.07 Å². The molecule has 144 valence electrons. The Morgan fingerprint density at radius 1 is 0.931 bits per heavy atom. The molecule has 1 amide bonds. The quantitative estimate of drug-likeness (QED) is 0.228. The third kappa shape index (κ3) is 5.33. The number of ether oxygens (including phenoxy) is 1. The lowest BCUT2D eigenvalue weighted by atomic mass is 10.2. The van der Waals surface area contributed by atoms with Gasteiger partial charge in [0.15, 0.2) is 0 Å². The van der Waals surface area contributed by atoms with E-state index in [-0.39, 0.29) is 11.3 Å². The molecule has 1 N–H and O–H groups in total. The number of hydrogen-bond donors (Lipinski definition) is 1. The van der Waals surface area contributed by atoms with Crippen LogP contribution < -0.4 is 10.2 Å². The fourth-order valence-electron chi connectivity index (χ4n) is 2.35. The fourth-order valence-corrected chi connectivity index (χ4v) is 2.35. The number of esters is 1. The van der Waals surface area contributed by atoms with Crippen LogP contribution in [0.25, 0.3) is 0 Å². The van der Waals surface area contributed by atoms with E-state index in [0.717, 1.165) is 0 Å². The minimum absolute atomic E-state index is 0.125. The standard InChI is InChI=1S/C21H15N3O5/c25-20(17-7-4-8-18(13-17)24(27)28)23-22-14-15-9-11-19(12-10-15)29-21(26)16-5-2-1-3-6-16/h1-14H,(H,23,25)/b22-14-. The number of nitro groups is 1. The number of non-ortho nitro benzene ring substituents is 1. The van der Waals surface area contributed by atoms with Crippen molar-refractivity contribution in [2.24, 2.45) is 5.10 Å². The lowest BCUT2D eigenvalue weighted by Crippen LogP contribution is -2.17. The lowest BCUT2D eigenvalue weighted by Gasteiger charge is -2.04. The van der Waals surface area contributed by atoms with Crippen LogP contribution in [0.15, 0.2) is 84.0 Å². The maximum Gasteiger partial charge on any atom is 0.343 e. The van der Waals surface area contributed by atoms with Crippen molar-refractivity contribution in [2.75, 3.05) is 0 Å². The number of hydrogen-bond acceptors (Lipinski definition) is 6. The highest BCUT2D eigenvalue weighted by Gasteiger charge is 2.11. The van der Waals surface area contributed by atoms with Crippen molar-refractivity contribution in [3.8, 4) is 5.75 Å². The van der Waals surface area contributed by atoms with Crippen molar-refractivity contribution >= 4 is 23.8 Å². The molecule has 0 bridgehead atoms. The van der Waals surface area contributed by atoms with Crippen molar-refractivity contribution in [1.82, 2.24) is 5.43 Å². The molecular weight excluding hydrogens is 374 g/mol. The molecule has 0 aliphatic heterocycles. The van der Waals surface area contributed by atoms with Crippen LogP contribution in [0.4, 0.5) is 5.69 Å². The van der Waals surface area contributed by atoms with Gasteiger partial charge in [0.1, 0.15) is 5.75 Å². The third-order valence-corrected chi connectivity index (χ3v) is 3.80. The van der Waals surface area contributed by atoms with Crippen LogP contribution in [0.1, 0.15) is 26.3 Å². The molecule has 0 atom stereocenters. The van der Waals surface area contributed by atoms with Crippen molar-refractivity contribution in [3.63, 3.8) is 0 Å². The zero-order chi connectivity index (χ0) is 20.6. The second-order valence-corrected chi connectivity index (χ2v) is 5.83. The summed E-state index contributed by atoms with van der Waals surface area (Å²) in [6.07, 6.45) is 1.40. The van der Waals surface area contributed by atoms with Crippen molar-refractivity contribution in [3.05, 3.63) is 106 Å². The molecule has 0 aromatic heterocycles. The summed E-state index contributed by atoms with van der Waals surface area (Å²) in [4.78, 5) is 34.2. The third-order valence-electron chi connectivity index (χ3n) is 3.80. The highest BCUT2D eigenvalue weighted by Crippen LogP contribution is 2.14. The van der Waals surface area contributed by atoms with Crippen LogP contribution in [-0.2, 0) is 0 Å². The highest BCUT2D eigenvalue weighted by atomic mass is 16.6. The highest BCUT2D eigenvalue weighted by molar-refractivity contribution is 5.95. The number of carbonyl (C=O) groups is 2. The largest absolute Gasteiger partial charge is 0.423 e. The summed E-state index contributed by atoms with van der Waals surface area (Å²) in [5, 5.41) is 14.6. The predicted molar refractivity (Wildman–Crippen MR) is 106 cm³/mol. The van der Waals surface area contributed by atoms with Crippen molar-refractivity contribution in [2.45, 2.75) is 0 Å². The summed E-state index contributed by atoms with van der Waals surface area (Å²) in [5.41, 5.74) is 3.35. The van der Waals surface area contributed by atoms with E-state index < -0.39 is 16.8 Å². The summed E-state index contributed by atoms with van der Waals surface area (Å²) in [7, 11) is 0. The van der Waals surface area contributed by atoms with Crippen LogP contribution in [0, 0.1) is 10.1 Å². The Hall–Kier alpha value is -4.33. The van der Waals surface area contributed by atoms with Crippen LogP contribution in [0.5, 0.6) is 5.75 Å². The molecule has 8 heteroatoms. The van der Waals surface area contributed by atoms with Gasteiger partial charge < -0.3 is 4.74 Å². The second kappa shape index (κ2) is 9.05. The lowest BCUT2D eigenvalue weighted by molar-refractivity contribution is -0.384. The van der Waals surface area contributed by atoms with Gasteiger partial charge in [-0.1, -0.05) is 24.3 Å². The van der Waals surface area contributed by atoms with Gasteiger partial charge in [0.25, 0.3) is 11.6 Å². The number of nitrogens with zero attached hydrogens (tertiary/aromatic N) is 2. The van der Waals surface area contributed by atoms with E-state index in [1.165, 1.54) is 30.5 Å². The molecule has 3 aromatic carbocycles. The normalized spacial score (nSPS) is 10.5. The number of nitro benzene ring substituents is 1. The first-order chi connectivity index (χ1) is 14.0. The number of benzene rings is 3. The molecule has 0 spiro atoms. The second-order valence-electron chi connectivity index (χ2n) is 5.83. The minimum atomic E-state index is -0.577. The number of amides is 1. The van der Waals surface area contributed by atoms with Gasteiger partial charge in [-0.3, -0.25) is 14.9 Å². The average Bonchev–Trinajstić information content (AvgIpc) is 2.75. The molecule has 0 radical (unpaired) electrons. The van der Waals surface area contributed by atoms with E-state index in [1.54, 1.807) is 48.5 Å². The van der Waals surface area contributed by atoms with Crippen LogP contribution in [0.3, 0.4) is 0 Å². The molecule has 0 fully saturated rings. The minimum Gasteiger partial charge on any atom is -0.423 e. The summed E-state index contributed by atoms with van der Waals surface area (Å²) >= 11 is 0. The zero-order valence-corrected chi connectivity index (χ0v) is 15.0. The smallest absolute Gasteiger partial charge is 0.343 e. The van der Waals surface area contributed by atoms with Gasteiger partial charge in [-0.25, -0.2) is 10.2 Å². The monoisotopic (exact) mass is 389 g/mol. The summed E-state index contributed by atoms with van der Waals surface area (Å²) in [6, 6.07) is 20.5. The molecule has 3 aromatic rings. The van der Waals surface area contributed by atoms with E-state index in [0.29, 0.717) is 16.9 Å². The Labute approximate surface area is 165 Å². The first-order valence-electron chi connectivity index (χ1n) is 8.48. The molecule has 0 heterocycles. The molecular formula is C21H15N3O5. The maximum absolute atomic E-state index is 12.0. The molecule has 0 aliphatic carbocycles. The Kier molecular flexibility index (Phi) is 6.06. The SMILES string of the molecule is O=C(N/N=C\c1ccc(OC(=O)c2ccccc2)cc1)c1cccc([N+](=O)[O-])c1. The van der Waals surface area contributed by atoms with Gasteiger partial charge >= 0.3 is 5.97 Å². The van der Waals surface area contributed by atoms with E-state index in [2.05, 4.69) is 10.5 Å². The molecule has 3 rings (SSSR count). The Balaban J connectivity index is 1.57. The van der Waals surface area contributed by atoms with Gasteiger partial charge in [-0.2, -0.15) is 5.10 Å². The van der Waals surface area contributed by atoms with Gasteiger partial charge in [0.05, 0.1) is 16.7 Å². The van der Waals surface area contributed by atoms with E-state index in [4.69, 9.17) is 4.74 Å². The van der Waals surface area contributed by atoms with Gasteiger partial charge in [0, 0.05) is 17.7 Å². The predicted octanol–water partition coefficient (Wildman–Crippen LogP) is 3.58. The molecule has 0 aliphatic rings. The van der Waals surface area contributed by atoms with Crippen molar-refractivity contribution in [1.29, 1.82) is 0 Å². The summed E-state index contributed by atoms with van der Waals surface area (Å²) in [6.45, 7) is 0. The first-order valence-corrected chi connectivity index (χ1v) is 8.48. The summed E-state index contributed by atoms with van der Waals surface area (Å²) < 4.78 is 5.28. The number of nitrogens with one attached hydrogen (secondary N) is 1. The maximum atomic E-state index is 12.0. The zero-order valence-electron chi connectivity index (χ0n) is 15.0. The van der Waals surface area contributed by atoms with Crippen LogP contribution in [-0.4, -0.2) is 23.0 Å². The Morgan fingerprint density at radius 2 is 1.62 bits per heavy atom. The molecule has 8 nitrogen and oxygen atoms in total. The number of hydrazone groups is 1. The van der Waals surface area contributed by atoms with Crippen molar-refractivity contribution < 1.29 is 19.2 Å². The van der Waals surface area contributed by atoms with Gasteiger partial charge in [-0.05, 0) is 48.0 Å². The number of carbonyl (C=O) groups excluding carboxylic acids is 2. The average molecular weight is 389 g/mol. The van der Waals surface area contributed by atoms with E-state index in [9.17, 15) is 19.7 Å². The van der Waals surface area contributed by atoms with Crippen LogP contribution in [0.2, 0.25) is 0 Å². The fraction of sp³-hybridized carbons (Fsp3) is 0. The van der Waals surface area contributed by atoms with E-state index >= 15 is 0 Å². The molecule has 0 unspecified atom stereocenters. The molecule has 0 saturated heterocycles. The van der Waals surface area contributed by atoms with Gasteiger partial charge in [-0.15, -0.1) is 0 Å². The van der Waals surface area contributed by atoms with Crippen LogP contribution >= 0.6 is 0 Å². The number of rotatable bonds is 6.